The molecule has 0 aromatic heterocycles. The van der Waals surface area contributed by atoms with Crippen molar-refractivity contribution < 1.29 is 4.79 Å². The van der Waals surface area contributed by atoms with Crippen LogP contribution in [0.3, 0.4) is 0 Å². The summed E-state index contributed by atoms with van der Waals surface area (Å²) in [5.74, 6) is 0.105. The monoisotopic (exact) mass is 377 g/mol. The second-order valence-corrected chi connectivity index (χ2v) is 7.99. The first-order valence-electron chi connectivity index (χ1n) is 10.7. The third kappa shape index (κ3) is 4.56. The molecule has 0 aliphatic carbocycles. The van der Waals surface area contributed by atoms with Gasteiger partial charge in [0.05, 0.1) is 0 Å². The first-order valence-corrected chi connectivity index (χ1v) is 10.7. The number of hydrogen-bond donors (Lipinski definition) is 1. The second-order valence-electron chi connectivity index (χ2n) is 7.99. The number of rotatable bonds is 6. The zero-order chi connectivity index (χ0) is 19.2. The minimum absolute atomic E-state index is 0.105. The van der Waals surface area contributed by atoms with Crippen molar-refractivity contribution in [2.75, 3.05) is 31.1 Å². The SMILES string of the molecule is O=C(NCc1ccc(N2CCCCC2)cc1)[C@@H](c1ccccc1)N1CCCC1. The topological polar surface area (TPSA) is 35.6 Å². The van der Waals surface area contributed by atoms with Crippen LogP contribution in [0.15, 0.2) is 54.6 Å². The van der Waals surface area contributed by atoms with Crippen LogP contribution >= 0.6 is 0 Å². The van der Waals surface area contributed by atoms with Gasteiger partial charge in [-0.25, -0.2) is 0 Å². The molecule has 0 bridgehead atoms. The van der Waals surface area contributed by atoms with Crippen LogP contribution in [0, 0.1) is 0 Å². The molecule has 2 heterocycles. The standard InChI is InChI=1S/C24H31N3O/c28-24(23(27-17-7-8-18-27)21-9-3-1-4-10-21)25-19-20-11-13-22(14-12-20)26-15-5-2-6-16-26/h1,3-4,9-14,23H,2,5-8,15-19H2,(H,25,28)/t23-/m1/s1. The molecular formula is C24H31N3O. The number of nitrogens with one attached hydrogen (secondary N) is 1. The molecule has 2 saturated heterocycles. The zero-order valence-corrected chi connectivity index (χ0v) is 16.6. The lowest BCUT2D eigenvalue weighted by Crippen LogP contribution is -2.39. The van der Waals surface area contributed by atoms with Crippen LogP contribution in [0.25, 0.3) is 0 Å². The van der Waals surface area contributed by atoms with Gasteiger partial charge in [0, 0.05) is 25.3 Å². The molecule has 0 unspecified atom stereocenters. The number of carbonyl (C=O) groups is 1. The highest BCUT2D eigenvalue weighted by Crippen LogP contribution is 2.25. The fraction of sp³-hybridized carbons (Fsp3) is 0.458. The Hall–Kier alpha value is -2.33. The van der Waals surface area contributed by atoms with E-state index in [1.807, 2.05) is 18.2 Å². The Morgan fingerprint density at radius 1 is 0.821 bits per heavy atom. The minimum Gasteiger partial charge on any atom is -0.372 e. The van der Waals surface area contributed by atoms with Gasteiger partial charge in [0.15, 0.2) is 0 Å². The van der Waals surface area contributed by atoms with E-state index in [4.69, 9.17) is 0 Å². The molecule has 4 heteroatoms. The number of likely N-dealkylation sites (tertiary alicyclic amines) is 1. The largest absolute Gasteiger partial charge is 0.372 e. The minimum atomic E-state index is -0.184. The predicted octanol–water partition coefficient (Wildman–Crippen LogP) is 4.13. The van der Waals surface area contributed by atoms with Crippen molar-refractivity contribution in [3.63, 3.8) is 0 Å². The molecule has 2 aliphatic rings. The first kappa shape index (κ1) is 19.0. The molecule has 2 aromatic rings. The summed E-state index contributed by atoms with van der Waals surface area (Å²) in [6, 6.07) is 18.7. The van der Waals surface area contributed by atoms with E-state index in [0.717, 1.165) is 37.3 Å². The molecule has 1 amide bonds. The third-order valence-electron chi connectivity index (χ3n) is 5.99. The van der Waals surface area contributed by atoms with Crippen molar-refractivity contribution >= 4 is 11.6 Å². The van der Waals surface area contributed by atoms with Crippen molar-refractivity contribution in [2.45, 2.75) is 44.7 Å². The Morgan fingerprint density at radius 3 is 2.14 bits per heavy atom. The highest BCUT2D eigenvalue weighted by molar-refractivity contribution is 5.83. The maximum Gasteiger partial charge on any atom is 0.242 e. The maximum atomic E-state index is 13.1. The third-order valence-corrected chi connectivity index (χ3v) is 5.99. The highest BCUT2D eigenvalue weighted by atomic mass is 16.2. The molecular weight excluding hydrogens is 346 g/mol. The van der Waals surface area contributed by atoms with Gasteiger partial charge in [0.25, 0.3) is 0 Å². The lowest BCUT2D eigenvalue weighted by Gasteiger charge is -2.29. The van der Waals surface area contributed by atoms with Crippen LogP contribution in [-0.2, 0) is 11.3 Å². The van der Waals surface area contributed by atoms with Gasteiger partial charge in [-0.3, -0.25) is 9.69 Å². The summed E-state index contributed by atoms with van der Waals surface area (Å²) < 4.78 is 0. The summed E-state index contributed by atoms with van der Waals surface area (Å²) in [6.07, 6.45) is 6.27. The molecule has 0 spiro atoms. The van der Waals surface area contributed by atoms with E-state index < -0.39 is 0 Å². The van der Waals surface area contributed by atoms with E-state index in [1.165, 1.54) is 37.8 Å². The predicted molar refractivity (Wildman–Crippen MR) is 114 cm³/mol. The number of anilines is 1. The molecule has 28 heavy (non-hydrogen) atoms. The molecule has 0 saturated carbocycles. The second kappa shape index (κ2) is 9.24. The van der Waals surface area contributed by atoms with Crippen molar-refractivity contribution in [3.8, 4) is 0 Å². The first-order chi connectivity index (χ1) is 13.8. The normalized spacial score (nSPS) is 18.8. The summed E-state index contributed by atoms with van der Waals surface area (Å²) in [7, 11) is 0. The molecule has 1 N–H and O–H groups in total. The van der Waals surface area contributed by atoms with E-state index in [9.17, 15) is 4.79 Å². The molecule has 2 fully saturated rings. The van der Waals surface area contributed by atoms with Gasteiger partial charge in [-0.05, 0) is 68.5 Å². The Bertz CT molecular complexity index is 747. The molecule has 1 atom stereocenters. The Kier molecular flexibility index (Phi) is 6.27. The van der Waals surface area contributed by atoms with E-state index in [0.29, 0.717) is 6.54 Å². The summed E-state index contributed by atoms with van der Waals surface area (Å²) in [5.41, 5.74) is 3.54. The molecule has 4 rings (SSSR count). The fourth-order valence-corrected chi connectivity index (χ4v) is 4.43. The fourth-order valence-electron chi connectivity index (χ4n) is 4.43. The van der Waals surface area contributed by atoms with Crippen LogP contribution in [0.2, 0.25) is 0 Å². The van der Waals surface area contributed by atoms with Gasteiger partial charge >= 0.3 is 0 Å². The van der Waals surface area contributed by atoms with Crippen molar-refractivity contribution in [1.29, 1.82) is 0 Å². The van der Waals surface area contributed by atoms with Crippen LogP contribution in [0.5, 0.6) is 0 Å². The van der Waals surface area contributed by atoms with Crippen LogP contribution in [0.1, 0.15) is 49.3 Å². The number of nitrogens with zero attached hydrogens (tertiary/aromatic N) is 2. The van der Waals surface area contributed by atoms with Gasteiger partial charge < -0.3 is 10.2 Å². The van der Waals surface area contributed by atoms with Crippen LogP contribution in [-0.4, -0.2) is 37.0 Å². The van der Waals surface area contributed by atoms with E-state index >= 15 is 0 Å². The molecule has 4 nitrogen and oxygen atoms in total. The number of hydrogen-bond acceptors (Lipinski definition) is 3. The van der Waals surface area contributed by atoms with Gasteiger partial charge in [-0.1, -0.05) is 42.5 Å². The Morgan fingerprint density at radius 2 is 1.46 bits per heavy atom. The average molecular weight is 378 g/mol. The number of piperidine rings is 1. The summed E-state index contributed by atoms with van der Waals surface area (Å²) in [5, 5.41) is 3.18. The van der Waals surface area contributed by atoms with E-state index in [1.54, 1.807) is 0 Å². The lowest BCUT2D eigenvalue weighted by molar-refractivity contribution is -0.126. The Balaban J connectivity index is 1.39. The molecule has 0 radical (unpaired) electrons. The van der Waals surface area contributed by atoms with Crippen molar-refractivity contribution in [3.05, 3.63) is 65.7 Å². The maximum absolute atomic E-state index is 13.1. The lowest BCUT2D eigenvalue weighted by atomic mass is 10.0. The van der Waals surface area contributed by atoms with Crippen LogP contribution in [0.4, 0.5) is 5.69 Å². The van der Waals surface area contributed by atoms with Gasteiger partial charge in [0.1, 0.15) is 6.04 Å². The number of benzene rings is 2. The highest BCUT2D eigenvalue weighted by Gasteiger charge is 2.29. The summed E-state index contributed by atoms with van der Waals surface area (Å²) in [4.78, 5) is 17.8. The molecule has 148 valence electrons. The smallest absolute Gasteiger partial charge is 0.242 e. The van der Waals surface area contributed by atoms with E-state index in [-0.39, 0.29) is 11.9 Å². The van der Waals surface area contributed by atoms with Gasteiger partial charge in [-0.2, -0.15) is 0 Å². The average Bonchev–Trinajstić information content (AvgIpc) is 3.28. The van der Waals surface area contributed by atoms with Gasteiger partial charge in [0.2, 0.25) is 5.91 Å². The summed E-state index contributed by atoms with van der Waals surface area (Å²) >= 11 is 0. The summed E-state index contributed by atoms with van der Waals surface area (Å²) in [6.45, 7) is 4.89. The van der Waals surface area contributed by atoms with Crippen molar-refractivity contribution in [2.24, 2.45) is 0 Å². The van der Waals surface area contributed by atoms with E-state index in [2.05, 4.69) is 51.5 Å². The number of amides is 1. The molecule has 2 aromatic carbocycles. The molecule has 2 aliphatic heterocycles. The van der Waals surface area contributed by atoms with Crippen molar-refractivity contribution in [1.82, 2.24) is 10.2 Å². The Labute approximate surface area is 168 Å². The van der Waals surface area contributed by atoms with Crippen LogP contribution < -0.4 is 10.2 Å². The van der Waals surface area contributed by atoms with Gasteiger partial charge in [-0.15, -0.1) is 0 Å². The zero-order valence-electron chi connectivity index (χ0n) is 16.6. The number of carbonyl (C=O) groups excluding carboxylic acids is 1. The quantitative estimate of drug-likeness (QED) is 0.822.